The second-order valence-corrected chi connectivity index (χ2v) is 7.75. The van der Waals surface area contributed by atoms with Crippen molar-refractivity contribution in [2.24, 2.45) is 0 Å². The van der Waals surface area contributed by atoms with Gasteiger partial charge in [-0.1, -0.05) is 12.0 Å². The number of ether oxygens (including phenoxy) is 1. The van der Waals surface area contributed by atoms with Gasteiger partial charge in [-0.15, -0.1) is 6.42 Å². The van der Waals surface area contributed by atoms with Crippen molar-refractivity contribution in [3.63, 3.8) is 0 Å². The molecule has 1 aliphatic rings. The predicted molar refractivity (Wildman–Crippen MR) is 118 cm³/mol. The van der Waals surface area contributed by atoms with Gasteiger partial charge in [-0.2, -0.15) is 0 Å². The highest BCUT2D eigenvalue weighted by molar-refractivity contribution is 9.11. The van der Waals surface area contributed by atoms with Crippen LogP contribution in [0.4, 0.5) is 16.2 Å². The van der Waals surface area contributed by atoms with Crippen molar-refractivity contribution >= 4 is 67.2 Å². The zero-order chi connectivity index (χ0) is 22.7. The van der Waals surface area contributed by atoms with Crippen molar-refractivity contribution in [3.8, 4) is 18.1 Å². The highest BCUT2D eigenvalue weighted by atomic mass is 79.9. The topological polar surface area (TPSA) is 119 Å². The van der Waals surface area contributed by atoms with Gasteiger partial charge in [0.25, 0.3) is 17.5 Å². The van der Waals surface area contributed by atoms with Gasteiger partial charge in [0, 0.05) is 12.1 Å². The van der Waals surface area contributed by atoms with Crippen molar-refractivity contribution in [2.45, 2.75) is 0 Å². The van der Waals surface area contributed by atoms with Gasteiger partial charge in [-0.3, -0.25) is 25.0 Å². The van der Waals surface area contributed by atoms with Gasteiger partial charge in [0.05, 0.1) is 19.6 Å². The summed E-state index contributed by atoms with van der Waals surface area (Å²) in [6, 6.07) is 7.15. The molecule has 0 aromatic heterocycles. The minimum Gasteiger partial charge on any atom is -0.479 e. The van der Waals surface area contributed by atoms with Crippen molar-refractivity contribution in [3.05, 3.63) is 66.6 Å². The molecule has 3 rings (SSSR count). The Hall–Kier alpha value is -3.49. The Balaban J connectivity index is 2.01. The molecule has 156 valence electrons. The lowest BCUT2D eigenvalue weighted by Gasteiger charge is -2.26. The summed E-state index contributed by atoms with van der Waals surface area (Å²) in [4.78, 5) is 48.6. The van der Waals surface area contributed by atoms with Crippen molar-refractivity contribution in [1.29, 1.82) is 0 Å². The van der Waals surface area contributed by atoms with E-state index >= 15 is 0 Å². The number of nitrogens with zero attached hydrogens (tertiary/aromatic N) is 2. The number of terminal acetylenes is 1. The molecule has 1 aliphatic heterocycles. The van der Waals surface area contributed by atoms with E-state index in [1.807, 2.05) is 0 Å². The van der Waals surface area contributed by atoms with Crippen molar-refractivity contribution in [2.75, 3.05) is 11.5 Å². The van der Waals surface area contributed by atoms with Crippen LogP contribution in [0.25, 0.3) is 6.08 Å². The lowest BCUT2D eigenvalue weighted by Crippen LogP contribution is -2.54. The molecule has 2 aromatic rings. The number of imide groups is 2. The number of urea groups is 1. The monoisotopic (exact) mass is 547 g/mol. The van der Waals surface area contributed by atoms with Gasteiger partial charge in [-0.25, -0.2) is 9.69 Å². The largest absolute Gasteiger partial charge is 0.479 e. The number of halogens is 2. The average Bonchev–Trinajstić information content (AvgIpc) is 2.70. The van der Waals surface area contributed by atoms with Gasteiger partial charge < -0.3 is 4.74 Å². The minimum atomic E-state index is -1.01. The number of anilines is 1. The van der Waals surface area contributed by atoms with Gasteiger partial charge >= 0.3 is 6.03 Å². The molecule has 0 saturated carbocycles. The molecule has 1 N–H and O–H groups in total. The molecular weight excluding hydrogens is 538 g/mol. The first kappa shape index (κ1) is 22.2. The van der Waals surface area contributed by atoms with Gasteiger partial charge in [0.1, 0.15) is 17.9 Å². The molecule has 0 bridgehead atoms. The van der Waals surface area contributed by atoms with Gasteiger partial charge in [0.15, 0.2) is 0 Å². The van der Waals surface area contributed by atoms with E-state index in [-0.39, 0.29) is 23.6 Å². The number of hydrogen-bond acceptors (Lipinski definition) is 6. The Morgan fingerprint density at radius 1 is 1.19 bits per heavy atom. The first-order valence-corrected chi connectivity index (χ1v) is 10.0. The van der Waals surface area contributed by atoms with Gasteiger partial charge in [-0.05, 0) is 61.7 Å². The molecule has 31 heavy (non-hydrogen) atoms. The standard InChI is InChI=1S/C20H11Br2N3O6/c1-2-6-31-17-15(21)8-11(9-16(17)22)7-14-18(26)23-20(28)24(19(14)27)12-4-3-5-13(10-12)25(29)30/h1,3-5,7-10H,6H2,(H,23,26,28)/b14-7+. The summed E-state index contributed by atoms with van der Waals surface area (Å²) in [7, 11) is 0. The SMILES string of the molecule is C#CCOc1c(Br)cc(/C=C2\C(=O)NC(=O)N(c3cccc([N+](=O)[O-])c3)C2=O)cc1Br. The third kappa shape index (κ3) is 4.65. The molecule has 0 atom stereocenters. The number of benzene rings is 2. The number of non-ortho nitro benzene ring substituents is 1. The van der Waals surface area contributed by atoms with E-state index < -0.39 is 22.8 Å². The molecule has 1 fully saturated rings. The lowest BCUT2D eigenvalue weighted by atomic mass is 10.1. The molecule has 0 unspecified atom stereocenters. The summed E-state index contributed by atoms with van der Waals surface area (Å²) in [6.45, 7) is 0.0405. The maximum Gasteiger partial charge on any atom is 0.335 e. The van der Waals surface area contributed by atoms with Crippen molar-refractivity contribution in [1.82, 2.24) is 5.32 Å². The summed E-state index contributed by atoms with van der Waals surface area (Å²) < 4.78 is 6.45. The number of nitrogens with one attached hydrogen (secondary N) is 1. The maximum absolute atomic E-state index is 12.9. The molecule has 4 amide bonds. The zero-order valence-corrected chi connectivity index (χ0v) is 18.6. The van der Waals surface area contributed by atoms with Crippen LogP contribution in [-0.2, 0) is 9.59 Å². The molecule has 1 heterocycles. The van der Waals surface area contributed by atoms with E-state index in [0.717, 1.165) is 6.07 Å². The second kappa shape index (κ2) is 9.11. The van der Waals surface area contributed by atoms with Crippen LogP contribution in [-0.4, -0.2) is 29.4 Å². The third-order valence-electron chi connectivity index (χ3n) is 4.03. The molecule has 9 nitrogen and oxygen atoms in total. The summed E-state index contributed by atoms with van der Waals surface area (Å²) in [5.74, 6) is 0.969. The molecule has 2 aromatic carbocycles. The molecular formula is C20H11Br2N3O6. The fourth-order valence-corrected chi connectivity index (χ4v) is 4.17. The number of nitro benzene ring substituents is 1. The minimum absolute atomic E-state index is 0.0405. The molecule has 1 saturated heterocycles. The van der Waals surface area contributed by atoms with E-state index in [4.69, 9.17) is 11.2 Å². The van der Waals surface area contributed by atoms with Crippen LogP contribution < -0.4 is 15.0 Å². The van der Waals surface area contributed by atoms with Crippen LogP contribution in [0.5, 0.6) is 5.75 Å². The van der Waals surface area contributed by atoms with E-state index in [1.54, 1.807) is 12.1 Å². The number of nitro groups is 1. The van der Waals surface area contributed by atoms with Crippen LogP contribution in [0, 0.1) is 22.5 Å². The number of rotatable bonds is 5. The van der Waals surface area contributed by atoms with E-state index in [9.17, 15) is 24.5 Å². The number of hydrogen-bond donors (Lipinski definition) is 1. The van der Waals surface area contributed by atoms with Crippen LogP contribution in [0.2, 0.25) is 0 Å². The summed E-state index contributed by atoms with van der Waals surface area (Å²) in [5, 5.41) is 13.1. The smallest absolute Gasteiger partial charge is 0.335 e. The normalized spacial score (nSPS) is 14.9. The first-order chi connectivity index (χ1) is 14.7. The Morgan fingerprint density at radius 2 is 1.87 bits per heavy atom. The molecule has 0 spiro atoms. The zero-order valence-electron chi connectivity index (χ0n) is 15.4. The Morgan fingerprint density at radius 3 is 2.48 bits per heavy atom. The van der Waals surface area contributed by atoms with E-state index in [0.29, 0.717) is 25.2 Å². The summed E-state index contributed by atoms with van der Waals surface area (Å²) in [5.41, 5.74) is -0.243. The fraction of sp³-hybridized carbons (Fsp3) is 0.0500. The molecule has 0 aliphatic carbocycles. The number of carbonyl (C=O) groups is 3. The predicted octanol–water partition coefficient (Wildman–Crippen LogP) is 3.80. The Labute approximate surface area is 192 Å². The highest BCUT2D eigenvalue weighted by Crippen LogP contribution is 2.35. The average molecular weight is 549 g/mol. The molecule has 11 heteroatoms. The van der Waals surface area contributed by atoms with Crippen LogP contribution in [0.15, 0.2) is 50.9 Å². The quantitative estimate of drug-likeness (QED) is 0.199. The maximum atomic E-state index is 12.9. The van der Waals surface area contributed by atoms with Crippen LogP contribution >= 0.6 is 31.9 Å². The second-order valence-electron chi connectivity index (χ2n) is 6.04. The molecule has 0 radical (unpaired) electrons. The lowest BCUT2D eigenvalue weighted by molar-refractivity contribution is -0.384. The highest BCUT2D eigenvalue weighted by Gasteiger charge is 2.37. The van der Waals surface area contributed by atoms with Crippen LogP contribution in [0.3, 0.4) is 0 Å². The number of carbonyl (C=O) groups excluding carboxylic acids is 3. The fourth-order valence-electron chi connectivity index (χ4n) is 2.72. The van der Waals surface area contributed by atoms with Gasteiger partial charge in [0.2, 0.25) is 0 Å². The first-order valence-electron chi connectivity index (χ1n) is 8.44. The van der Waals surface area contributed by atoms with E-state index in [1.165, 1.54) is 24.3 Å². The van der Waals surface area contributed by atoms with Crippen LogP contribution in [0.1, 0.15) is 5.56 Å². The number of barbiturate groups is 1. The van der Waals surface area contributed by atoms with E-state index in [2.05, 4.69) is 43.1 Å². The third-order valence-corrected chi connectivity index (χ3v) is 5.21. The summed E-state index contributed by atoms with van der Waals surface area (Å²) in [6.07, 6.45) is 6.48. The summed E-state index contributed by atoms with van der Waals surface area (Å²) >= 11 is 6.67. The van der Waals surface area contributed by atoms with Crippen molar-refractivity contribution < 1.29 is 24.0 Å². The Bertz CT molecular complexity index is 1180. The Kier molecular flexibility index (Phi) is 6.53. The number of amides is 4.